The average Bonchev–Trinajstić information content (AvgIpc) is 2.98. The third-order valence-corrected chi connectivity index (χ3v) is 9.19. The number of fused-ring (bicyclic) bond motifs is 1. The molecule has 1 saturated heterocycles. The first-order valence-electron chi connectivity index (χ1n) is 14.3. The highest BCUT2D eigenvalue weighted by atomic mass is 79.9. The van der Waals surface area contributed by atoms with Crippen LogP contribution < -0.4 is 25.0 Å². The molecule has 1 aliphatic rings. The molecule has 5 rings (SSSR count). The molecule has 4 aromatic rings. The van der Waals surface area contributed by atoms with Gasteiger partial charge in [0.05, 0.1) is 33.7 Å². The highest BCUT2D eigenvalue weighted by molar-refractivity contribution is 9.10. The Bertz CT molecular complexity index is 1730. The molecule has 2 aromatic carbocycles. The number of hydrogen-bond donors (Lipinski definition) is 3. The minimum absolute atomic E-state index is 0.0155. The SMILES string of the molecule is CCc1cc(Nc2ncc(Br)c(Nc3ccc4nccnc4c3N(C)S(C)(=O)=O)n2)c(OC(C)C)cc1C1CCNCC1. The van der Waals surface area contributed by atoms with E-state index in [4.69, 9.17) is 9.72 Å². The van der Waals surface area contributed by atoms with Gasteiger partial charge >= 0.3 is 0 Å². The van der Waals surface area contributed by atoms with E-state index in [1.165, 1.54) is 28.7 Å². The number of anilines is 5. The number of nitrogens with zero attached hydrogens (tertiary/aromatic N) is 5. The Balaban J connectivity index is 1.52. The van der Waals surface area contributed by atoms with Gasteiger partial charge in [0.15, 0.2) is 0 Å². The maximum absolute atomic E-state index is 12.6. The van der Waals surface area contributed by atoms with Crippen LogP contribution >= 0.6 is 15.9 Å². The summed E-state index contributed by atoms with van der Waals surface area (Å²) in [4.78, 5) is 18.0. The molecule has 13 heteroatoms. The number of nitrogens with one attached hydrogen (secondary N) is 3. The summed E-state index contributed by atoms with van der Waals surface area (Å²) in [5, 5.41) is 10.1. The van der Waals surface area contributed by atoms with Gasteiger partial charge in [-0.2, -0.15) is 4.98 Å². The van der Waals surface area contributed by atoms with Crippen LogP contribution in [0.15, 0.2) is 47.3 Å². The van der Waals surface area contributed by atoms with Crippen LogP contribution in [-0.4, -0.2) is 60.9 Å². The minimum Gasteiger partial charge on any atom is -0.489 e. The van der Waals surface area contributed by atoms with Crippen molar-refractivity contribution in [2.45, 2.75) is 52.1 Å². The van der Waals surface area contributed by atoms with Crippen LogP contribution in [0.4, 0.5) is 28.8 Å². The fraction of sp³-hybridized carbons (Fsp3) is 0.400. The average molecular weight is 670 g/mol. The predicted molar refractivity (Wildman–Crippen MR) is 176 cm³/mol. The van der Waals surface area contributed by atoms with E-state index in [1.54, 1.807) is 24.5 Å². The van der Waals surface area contributed by atoms with Crippen LogP contribution in [0.3, 0.4) is 0 Å². The molecule has 43 heavy (non-hydrogen) atoms. The number of sulfonamides is 1. The third-order valence-electron chi connectivity index (χ3n) is 7.43. The Morgan fingerprint density at radius 1 is 1.09 bits per heavy atom. The number of hydrogen-bond acceptors (Lipinski definition) is 10. The predicted octanol–water partition coefficient (Wildman–Crippen LogP) is 5.88. The topological polar surface area (TPSA) is 134 Å². The van der Waals surface area contributed by atoms with E-state index < -0.39 is 10.0 Å². The van der Waals surface area contributed by atoms with Crippen LogP contribution in [-0.2, 0) is 16.4 Å². The Morgan fingerprint density at radius 2 is 1.84 bits per heavy atom. The van der Waals surface area contributed by atoms with Crippen LogP contribution in [0, 0.1) is 0 Å². The van der Waals surface area contributed by atoms with Gasteiger partial charge in [-0.05, 0) is 103 Å². The standard InChI is InChI=1S/C30H37BrN8O3S/c1-6-19-15-25(26(42-18(2)3)16-21(19)20-9-11-32-12-10-20)37-30-35-17-22(31)29(38-30)36-24-8-7-23-27(34-14-13-33-23)28(24)39(4)43(5,40)41/h7-8,13-18,20,32H,6,9-12H2,1-5H3,(H2,35,36,37,38). The lowest BCUT2D eigenvalue weighted by molar-refractivity contribution is 0.243. The van der Waals surface area contributed by atoms with Gasteiger partial charge < -0.3 is 20.7 Å². The molecule has 2 aromatic heterocycles. The monoisotopic (exact) mass is 668 g/mol. The van der Waals surface area contributed by atoms with Crippen molar-refractivity contribution in [1.29, 1.82) is 0 Å². The van der Waals surface area contributed by atoms with E-state index in [0.29, 0.717) is 44.6 Å². The number of aryl methyl sites for hydroxylation is 1. The van der Waals surface area contributed by atoms with Crippen LogP contribution in [0.2, 0.25) is 0 Å². The van der Waals surface area contributed by atoms with Crippen molar-refractivity contribution in [3.05, 3.63) is 58.5 Å². The molecule has 11 nitrogen and oxygen atoms in total. The zero-order valence-corrected chi connectivity index (χ0v) is 27.4. The maximum atomic E-state index is 12.6. The van der Waals surface area contributed by atoms with E-state index in [-0.39, 0.29) is 6.10 Å². The van der Waals surface area contributed by atoms with Crippen molar-refractivity contribution in [2.24, 2.45) is 0 Å². The van der Waals surface area contributed by atoms with E-state index in [2.05, 4.69) is 65.9 Å². The fourth-order valence-corrected chi connectivity index (χ4v) is 6.09. The van der Waals surface area contributed by atoms with Gasteiger partial charge in [-0.25, -0.2) is 13.4 Å². The highest BCUT2D eigenvalue weighted by Crippen LogP contribution is 2.39. The molecule has 0 radical (unpaired) electrons. The van der Waals surface area contributed by atoms with Crippen molar-refractivity contribution < 1.29 is 13.2 Å². The second-order valence-corrected chi connectivity index (χ2v) is 13.7. The number of halogens is 1. The molecule has 3 N–H and O–H groups in total. The van der Waals surface area contributed by atoms with E-state index >= 15 is 0 Å². The number of piperidine rings is 1. The largest absolute Gasteiger partial charge is 0.489 e. The van der Waals surface area contributed by atoms with E-state index in [1.807, 2.05) is 13.8 Å². The van der Waals surface area contributed by atoms with Crippen LogP contribution in [0.5, 0.6) is 5.75 Å². The number of benzene rings is 2. The summed E-state index contributed by atoms with van der Waals surface area (Å²) >= 11 is 3.54. The van der Waals surface area contributed by atoms with Crippen LogP contribution in [0.25, 0.3) is 11.0 Å². The first-order valence-corrected chi connectivity index (χ1v) is 17.0. The molecule has 0 bridgehead atoms. The third kappa shape index (κ3) is 7.00. The van der Waals surface area contributed by atoms with Crippen molar-refractivity contribution in [3.63, 3.8) is 0 Å². The molecule has 0 amide bonds. The number of ether oxygens (including phenoxy) is 1. The summed E-state index contributed by atoms with van der Waals surface area (Å²) in [6.45, 7) is 8.23. The lowest BCUT2D eigenvalue weighted by Crippen LogP contribution is -2.27. The van der Waals surface area contributed by atoms with Crippen molar-refractivity contribution in [1.82, 2.24) is 25.3 Å². The smallest absolute Gasteiger partial charge is 0.232 e. The summed E-state index contributed by atoms with van der Waals surface area (Å²) in [5.74, 6) is 2.05. The Kier molecular flexibility index (Phi) is 9.33. The summed E-state index contributed by atoms with van der Waals surface area (Å²) in [6, 6.07) is 7.87. The van der Waals surface area contributed by atoms with Gasteiger partial charge in [0.2, 0.25) is 16.0 Å². The maximum Gasteiger partial charge on any atom is 0.232 e. The number of rotatable bonds is 10. The van der Waals surface area contributed by atoms with Gasteiger partial charge in [-0.3, -0.25) is 14.3 Å². The van der Waals surface area contributed by atoms with Crippen molar-refractivity contribution >= 4 is 65.8 Å². The van der Waals surface area contributed by atoms with Gasteiger partial charge in [0.25, 0.3) is 0 Å². The molecule has 0 aliphatic carbocycles. The van der Waals surface area contributed by atoms with Gasteiger partial charge in [-0.1, -0.05) is 6.92 Å². The first kappa shape index (κ1) is 30.9. The summed E-state index contributed by atoms with van der Waals surface area (Å²) in [5.41, 5.74) is 5.27. The lowest BCUT2D eigenvalue weighted by atomic mass is 9.86. The van der Waals surface area contributed by atoms with Crippen LogP contribution in [0.1, 0.15) is 50.7 Å². The Labute approximate surface area is 261 Å². The minimum atomic E-state index is -3.60. The molecule has 0 atom stereocenters. The molecule has 0 unspecified atom stereocenters. The number of aromatic nitrogens is 4. The summed E-state index contributed by atoms with van der Waals surface area (Å²) in [6.07, 6.45) is 8.97. The zero-order valence-electron chi connectivity index (χ0n) is 25.0. The van der Waals surface area contributed by atoms with Crippen molar-refractivity contribution in [2.75, 3.05) is 41.3 Å². The molecular formula is C30H37BrN8O3S. The fourth-order valence-electron chi connectivity index (χ4n) is 5.28. The second kappa shape index (κ2) is 13.0. The summed E-state index contributed by atoms with van der Waals surface area (Å²) in [7, 11) is -2.12. The molecule has 0 spiro atoms. The van der Waals surface area contributed by atoms with E-state index in [0.717, 1.165) is 50.0 Å². The molecule has 1 fully saturated rings. The first-order chi connectivity index (χ1) is 20.5. The van der Waals surface area contributed by atoms with Crippen molar-refractivity contribution in [3.8, 4) is 5.75 Å². The van der Waals surface area contributed by atoms with E-state index in [9.17, 15) is 8.42 Å². The molecule has 228 valence electrons. The molecule has 0 saturated carbocycles. The van der Waals surface area contributed by atoms with Gasteiger partial charge in [0, 0.05) is 25.6 Å². The highest BCUT2D eigenvalue weighted by Gasteiger charge is 2.23. The Morgan fingerprint density at radius 3 is 2.53 bits per heavy atom. The normalized spacial score (nSPS) is 14.2. The molecule has 1 aliphatic heterocycles. The quantitative estimate of drug-likeness (QED) is 0.188. The van der Waals surface area contributed by atoms with Gasteiger partial charge in [-0.15, -0.1) is 0 Å². The van der Waals surface area contributed by atoms with Gasteiger partial charge in [0.1, 0.15) is 22.8 Å². The molecular weight excluding hydrogens is 632 g/mol. The second-order valence-electron chi connectivity index (χ2n) is 10.8. The molecule has 3 heterocycles. The Hall–Kier alpha value is -3.55. The summed E-state index contributed by atoms with van der Waals surface area (Å²) < 4.78 is 33.2. The lowest BCUT2D eigenvalue weighted by Gasteiger charge is -2.27. The zero-order chi connectivity index (χ0) is 30.7.